The fraction of sp³-hybridized carbons (Fsp3) is 0.600. The van der Waals surface area contributed by atoms with E-state index in [1.165, 1.54) is 0 Å². The lowest BCUT2D eigenvalue weighted by Crippen LogP contribution is -2.31. The highest BCUT2D eigenvalue weighted by Gasteiger charge is 2.25. The summed E-state index contributed by atoms with van der Waals surface area (Å²) < 4.78 is 1.75. The predicted octanol–water partition coefficient (Wildman–Crippen LogP) is 0.337. The highest BCUT2D eigenvalue weighted by atomic mass is 16.1. The van der Waals surface area contributed by atoms with Gasteiger partial charge in [-0.05, 0) is 19.8 Å². The van der Waals surface area contributed by atoms with Crippen molar-refractivity contribution in [2.75, 3.05) is 11.9 Å². The molecule has 15 heavy (non-hydrogen) atoms. The molecule has 0 aromatic carbocycles. The molecule has 0 aliphatic heterocycles. The van der Waals surface area contributed by atoms with Gasteiger partial charge in [-0.2, -0.15) is 0 Å². The quantitative estimate of drug-likeness (QED) is 0.748. The number of aromatic nitrogens is 2. The van der Waals surface area contributed by atoms with Crippen LogP contribution in [0.2, 0.25) is 0 Å². The van der Waals surface area contributed by atoms with Crippen molar-refractivity contribution < 1.29 is 0 Å². The van der Waals surface area contributed by atoms with Gasteiger partial charge in [-0.15, -0.1) is 0 Å². The molecule has 1 atom stereocenters. The topological polar surface area (TPSA) is 72.9 Å². The molecule has 1 aromatic rings. The summed E-state index contributed by atoms with van der Waals surface area (Å²) in [7, 11) is 0. The van der Waals surface area contributed by atoms with Crippen LogP contribution in [0.15, 0.2) is 17.2 Å². The van der Waals surface area contributed by atoms with Crippen molar-refractivity contribution in [3.63, 3.8) is 0 Å². The number of nitrogens with one attached hydrogen (secondary N) is 1. The Morgan fingerprint density at radius 2 is 2.47 bits per heavy atom. The van der Waals surface area contributed by atoms with Gasteiger partial charge >= 0.3 is 0 Å². The van der Waals surface area contributed by atoms with Gasteiger partial charge in [0.05, 0.1) is 0 Å². The fourth-order valence-corrected chi connectivity index (χ4v) is 1.46. The zero-order valence-corrected chi connectivity index (χ0v) is 8.81. The van der Waals surface area contributed by atoms with Crippen LogP contribution in [0.3, 0.4) is 0 Å². The van der Waals surface area contributed by atoms with Crippen LogP contribution in [0.1, 0.15) is 25.8 Å². The molecule has 0 saturated heterocycles. The van der Waals surface area contributed by atoms with Crippen LogP contribution in [-0.2, 0) is 0 Å². The maximum atomic E-state index is 11.9. The average molecular weight is 208 g/mol. The summed E-state index contributed by atoms with van der Waals surface area (Å²) in [6, 6.07) is 0.453. The molecule has 0 radical (unpaired) electrons. The van der Waals surface area contributed by atoms with Crippen molar-refractivity contribution in [3.8, 4) is 0 Å². The molecule has 3 N–H and O–H groups in total. The molecule has 0 bridgehead atoms. The summed E-state index contributed by atoms with van der Waals surface area (Å²) in [5.74, 6) is 0.405. The second-order valence-corrected chi connectivity index (χ2v) is 4.00. The van der Waals surface area contributed by atoms with Crippen molar-refractivity contribution in [1.82, 2.24) is 9.55 Å². The molecule has 0 amide bonds. The zero-order chi connectivity index (χ0) is 10.8. The monoisotopic (exact) mass is 208 g/mol. The number of nitrogens with zero attached hydrogens (tertiary/aromatic N) is 2. The van der Waals surface area contributed by atoms with Gasteiger partial charge in [0, 0.05) is 31.0 Å². The van der Waals surface area contributed by atoms with Crippen LogP contribution >= 0.6 is 0 Å². The summed E-state index contributed by atoms with van der Waals surface area (Å²) >= 11 is 0. The largest absolute Gasteiger partial charge is 0.362 e. The van der Waals surface area contributed by atoms with Gasteiger partial charge < -0.3 is 15.6 Å². The van der Waals surface area contributed by atoms with E-state index < -0.39 is 0 Å². The van der Waals surface area contributed by atoms with Crippen molar-refractivity contribution in [2.45, 2.75) is 31.8 Å². The second-order valence-electron chi connectivity index (χ2n) is 4.00. The minimum atomic E-state index is -0.0414. The summed E-state index contributed by atoms with van der Waals surface area (Å²) in [4.78, 5) is 15.9. The Morgan fingerprint density at radius 1 is 1.73 bits per heavy atom. The first-order valence-corrected chi connectivity index (χ1v) is 5.26. The van der Waals surface area contributed by atoms with Crippen LogP contribution in [0.4, 0.5) is 5.82 Å². The van der Waals surface area contributed by atoms with Crippen molar-refractivity contribution in [2.24, 2.45) is 5.73 Å². The van der Waals surface area contributed by atoms with E-state index in [4.69, 9.17) is 5.73 Å². The smallest absolute Gasteiger partial charge is 0.293 e. The van der Waals surface area contributed by atoms with E-state index in [1.807, 2.05) is 6.92 Å². The molecule has 82 valence electrons. The van der Waals surface area contributed by atoms with E-state index in [1.54, 1.807) is 17.0 Å². The van der Waals surface area contributed by atoms with E-state index in [-0.39, 0.29) is 11.6 Å². The van der Waals surface area contributed by atoms with E-state index in [0.29, 0.717) is 18.4 Å². The van der Waals surface area contributed by atoms with Crippen LogP contribution in [-0.4, -0.2) is 22.1 Å². The van der Waals surface area contributed by atoms with E-state index in [2.05, 4.69) is 10.3 Å². The second kappa shape index (κ2) is 4.02. The summed E-state index contributed by atoms with van der Waals surface area (Å²) in [6.45, 7) is 2.41. The molecular weight excluding hydrogens is 192 g/mol. The van der Waals surface area contributed by atoms with Crippen LogP contribution in [0.5, 0.6) is 0 Å². The molecule has 1 unspecified atom stereocenters. The molecule has 1 saturated carbocycles. The Morgan fingerprint density at radius 3 is 3.07 bits per heavy atom. The maximum Gasteiger partial charge on any atom is 0.293 e. The first-order chi connectivity index (χ1) is 7.22. The van der Waals surface area contributed by atoms with Crippen LogP contribution in [0.25, 0.3) is 0 Å². The molecule has 5 nitrogen and oxygen atoms in total. The van der Waals surface area contributed by atoms with Crippen LogP contribution < -0.4 is 16.6 Å². The third-order valence-electron chi connectivity index (χ3n) is 2.54. The molecular formula is C10H16N4O. The minimum absolute atomic E-state index is 0.0414. The standard InChI is InChI=1S/C10H16N4O/c1-7(6-11)13-9-10(15)14(5-4-12-9)8-2-3-8/h4-5,7-8H,2-3,6,11H2,1H3,(H,12,13). The Labute approximate surface area is 88.3 Å². The number of hydrogen-bond acceptors (Lipinski definition) is 4. The maximum absolute atomic E-state index is 11.9. The fourth-order valence-electron chi connectivity index (χ4n) is 1.46. The van der Waals surface area contributed by atoms with Gasteiger partial charge in [0.2, 0.25) is 0 Å². The molecule has 1 aliphatic carbocycles. The summed E-state index contributed by atoms with van der Waals surface area (Å²) in [6.07, 6.45) is 5.59. The average Bonchev–Trinajstić information content (AvgIpc) is 3.04. The molecule has 0 spiro atoms. The first kappa shape index (κ1) is 10.2. The summed E-state index contributed by atoms with van der Waals surface area (Å²) in [5.41, 5.74) is 5.44. The summed E-state index contributed by atoms with van der Waals surface area (Å²) in [5, 5.41) is 3.01. The van der Waals surface area contributed by atoms with Gasteiger partial charge in [-0.3, -0.25) is 4.79 Å². The lowest BCUT2D eigenvalue weighted by Gasteiger charge is -2.12. The van der Waals surface area contributed by atoms with Gasteiger partial charge in [0.15, 0.2) is 5.82 Å². The SMILES string of the molecule is CC(CN)Nc1nccn(C2CC2)c1=O. The van der Waals surface area contributed by atoms with Gasteiger partial charge in [-0.25, -0.2) is 4.98 Å². The van der Waals surface area contributed by atoms with E-state index in [0.717, 1.165) is 12.8 Å². The minimum Gasteiger partial charge on any atom is -0.362 e. The Kier molecular flexibility index (Phi) is 2.73. The third kappa shape index (κ3) is 2.18. The van der Waals surface area contributed by atoms with Crippen molar-refractivity contribution in [3.05, 3.63) is 22.7 Å². The number of nitrogens with two attached hydrogens (primary N) is 1. The molecule has 1 aromatic heterocycles. The molecule has 2 rings (SSSR count). The molecule has 1 heterocycles. The molecule has 1 fully saturated rings. The van der Waals surface area contributed by atoms with E-state index >= 15 is 0 Å². The lowest BCUT2D eigenvalue weighted by atomic mass is 10.3. The number of anilines is 1. The third-order valence-corrected chi connectivity index (χ3v) is 2.54. The normalized spacial score (nSPS) is 17.5. The van der Waals surface area contributed by atoms with Crippen LogP contribution in [0, 0.1) is 0 Å². The van der Waals surface area contributed by atoms with E-state index in [9.17, 15) is 4.79 Å². The van der Waals surface area contributed by atoms with Gasteiger partial charge in [0.1, 0.15) is 0 Å². The first-order valence-electron chi connectivity index (χ1n) is 5.26. The molecule has 1 aliphatic rings. The highest BCUT2D eigenvalue weighted by molar-refractivity contribution is 5.32. The van der Waals surface area contributed by atoms with Crippen molar-refractivity contribution in [1.29, 1.82) is 0 Å². The molecule has 5 heteroatoms. The zero-order valence-electron chi connectivity index (χ0n) is 8.81. The Bertz CT molecular complexity index is 397. The lowest BCUT2D eigenvalue weighted by molar-refractivity contribution is 0.693. The van der Waals surface area contributed by atoms with Crippen molar-refractivity contribution >= 4 is 5.82 Å². The van der Waals surface area contributed by atoms with Gasteiger partial charge in [-0.1, -0.05) is 0 Å². The Balaban J connectivity index is 2.24. The highest BCUT2D eigenvalue weighted by Crippen LogP contribution is 2.33. The number of rotatable bonds is 4. The Hall–Kier alpha value is -1.36. The van der Waals surface area contributed by atoms with Gasteiger partial charge in [0.25, 0.3) is 5.56 Å². The predicted molar refractivity (Wildman–Crippen MR) is 58.9 cm³/mol. The number of hydrogen-bond donors (Lipinski definition) is 2.